The molecule has 0 spiro atoms. The highest BCUT2D eigenvalue weighted by molar-refractivity contribution is 6.69. The average molecular weight is 278 g/mol. The highest BCUT2D eigenvalue weighted by Gasteiger charge is 2.24. The van der Waals surface area contributed by atoms with Crippen LogP contribution in [0.1, 0.15) is 44.3 Å². The van der Waals surface area contributed by atoms with E-state index in [4.69, 9.17) is 4.43 Å². The van der Waals surface area contributed by atoms with Crippen molar-refractivity contribution in [3.05, 3.63) is 35.9 Å². The SMILES string of the molecule is CCCCC(=O)C[C@@H](O[Si](C)(C)C)c1ccccc1. The first-order valence-corrected chi connectivity index (χ1v) is 10.6. The van der Waals surface area contributed by atoms with Crippen molar-refractivity contribution in [2.24, 2.45) is 0 Å². The minimum atomic E-state index is -1.65. The molecule has 0 fully saturated rings. The maximum atomic E-state index is 12.0. The minimum absolute atomic E-state index is 0.0720. The van der Waals surface area contributed by atoms with Gasteiger partial charge in [0.1, 0.15) is 5.78 Å². The van der Waals surface area contributed by atoms with Crippen LogP contribution >= 0.6 is 0 Å². The summed E-state index contributed by atoms with van der Waals surface area (Å²) in [6.45, 7) is 8.61. The first-order valence-electron chi connectivity index (χ1n) is 7.17. The first kappa shape index (κ1) is 16.1. The van der Waals surface area contributed by atoms with Crippen LogP contribution in [0.5, 0.6) is 0 Å². The van der Waals surface area contributed by atoms with Gasteiger partial charge in [-0.1, -0.05) is 43.7 Å². The third kappa shape index (κ3) is 6.69. The van der Waals surface area contributed by atoms with Crippen molar-refractivity contribution in [2.75, 3.05) is 0 Å². The average Bonchev–Trinajstić information content (AvgIpc) is 2.35. The van der Waals surface area contributed by atoms with Gasteiger partial charge in [0.15, 0.2) is 8.32 Å². The molecule has 0 radical (unpaired) electrons. The molecule has 0 heterocycles. The Bertz CT molecular complexity index is 381. The fourth-order valence-electron chi connectivity index (χ4n) is 2.00. The van der Waals surface area contributed by atoms with Crippen LogP contribution in [0.15, 0.2) is 30.3 Å². The van der Waals surface area contributed by atoms with Gasteiger partial charge < -0.3 is 4.43 Å². The van der Waals surface area contributed by atoms with E-state index in [2.05, 4.69) is 38.7 Å². The van der Waals surface area contributed by atoms with Crippen molar-refractivity contribution in [3.8, 4) is 0 Å². The Morgan fingerprint density at radius 2 is 1.84 bits per heavy atom. The smallest absolute Gasteiger partial charge is 0.184 e. The van der Waals surface area contributed by atoms with Crippen LogP contribution < -0.4 is 0 Å². The lowest BCUT2D eigenvalue weighted by Gasteiger charge is -2.26. The van der Waals surface area contributed by atoms with Gasteiger partial charge in [-0.3, -0.25) is 4.79 Å². The summed E-state index contributed by atoms with van der Waals surface area (Å²) in [6.07, 6.45) is 3.16. The van der Waals surface area contributed by atoms with Crippen LogP contribution in [0.4, 0.5) is 0 Å². The van der Waals surface area contributed by atoms with Gasteiger partial charge in [0.05, 0.1) is 6.10 Å². The molecule has 0 saturated heterocycles. The predicted molar refractivity (Wildman–Crippen MR) is 82.8 cm³/mol. The lowest BCUT2D eigenvalue weighted by atomic mass is 10.0. The van der Waals surface area contributed by atoms with Gasteiger partial charge in [-0.2, -0.15) is 0 Å². The molecule has 0 aliphatic heterocycles. The standard InChI is InChI=1S/C16H26O2Si/c1-5-6-12-15(17)13-16(18-19(2,3)4)14-10-8-7-9-11-14/h7-11,16H,5-6,12-13H2,1-4H3/t16-/m1/s1. The van der Waals surface area contributed by atoms with Gasteiger partial charge in [-0.25, -0.2) is 0 Å². The molecule has 0 aliphatic carbocycles. The molecule has 0 amide bonds. The molecule has 0 bridgehead atoms. The minimum Gasteiger partial charge on any atom is -0.410 e. The molecule has 0 N–H and O–H groups in total. The van der Waals surface area contributed by atoms with E-state index in [0.29, 0.717) is 18.6 Å². The Morgan fingerprint density at radius 1 is 1.21 bits per heavy atom. The summed E-state index contributed by atoms with van der Waals surface area (Å²) in [5, 5.41) is 0. The molecule has 19 heavy (non-hydrogen) atoms. The largest absolute Gasteiger partial charge is 0.410 e. The van der Waals surface area contributed by atoms with Crippen LogP contribution in [0.25, 0.3) is 0 Å². The lowest BCUT2D eigenvalue weighted by Crippen LogP contribution is -2.29. The summed E-state index contributed by atoms with van der Waals surface area (Å²) < 4.78 is 6.19. The number of ketones is 1. The summed E-state index contributed by atoms with van der Waals surface area (Å²) in [5.74, 6) is 0.314. The maximum Gasteiger partial charge on any atom is 0.184 e. The highest BCUT2D eigenvalue weighted by Crippen LogP contribution is 2.26. The van der Waals surface area contributed by atoms with Crippen LogP contribution in [0.3, 0.4) is 0 Å². The molecule has 1 aromatic carbocycles. The fourth-order valence-corrected chi connectivity index (χ4v) is 3.08. The van der Waals surface area contributed by atoms with Crippen molar-refractivity contribution in [1.29, 1.82) is 0 Å². The molecule has 1 aromatic rings. The molecule has 106 valence electrons. The van der Waals surface area contributed by atoms with Gasteiger partial charge in [0, 0.05) is 12.8 Å². The molecule has 2 nitrogen and oxygen atoms in total. The Balaban J connectivity index is 2.73. The second-order valence-corrected chi connectivity index (χ2v) is 10.4. The second-order valence-electron chi connectivity index (χ2n) is 5.98. The van der Waals surface area contributed by atoms with Crippen molar-refractivity contribution < 1.29 is 9.22 Å². The number of hydrogen-bond donors (Lipinski definition) is 0. The lowest BCUT2D eigenvalue weighted by molar-refractivity contribution is -0.120. The Labute approximate surface area is 118 Å². The summed E-state index contributed by atoms with van der Waals surface area (Å²) in [5.41, 5.74) is 1.12. The van der Waals surface area contributed by atoms with Gasteiger partial charge >= 0.3 is 0 Å². The number of Topliss-reactive ketones (excluding diaryl/α,β-unsaturated/α-hetero) is 1. The Morgan fingerprint density at radius 3 is 2.37 bits per heavy atom. The van der Waals surface area contributed by atoms with E-state index in [0.717, 1.165) is 18.4 Å². The van der Waals surface area contributed by atoms with E-state index in [1.807, 2.05) is 18.2 Å². The third-order valence-corrected chi connectivity index (χ3v) is 3.88. The third-order valence-electron chi connectivity index (χ3n) is 2.89. The number of rotatable bonds is 8. The van der Waals surface area contributed by atoms with Crippen LogP contribution in [-0.4, -0.2) is 14.1 Å². The number of carbonyl (C=O) groups excluding carboxylic acids is 1. The van der Waals surface area contributed by atoms with E-state index >= 15 is 0 Å². The van der Waals surface area contributed by atoms with E-state index in [9.17, 15) is 4.79 Å². The normalized spacial score (nSPS) is 13.3. The highest BCUT2D eigenvalue weighted by atomic mass is 28.4. The molecular formula is C16H26O2Si. The summed E-state index contributed by atoms with van der Waals surface area (Å²) in [4.78, 5) is 12.0. The number of hydrogen-bond acceptors (Lipinski definition) is 2. The maximum absolute atomic E-state index is 12.0. The van der Waals surface area contributed by atoms with Crippen molar-refractivity contribution in [2.45, 2.75) is 58.4 Å². The zero-order valence-electron chi connectivity index (χ0n) is 12.6. The second kappa shape index (κ2) is 7.61. The number of unbranched alkanes of at least 4 members (excludes halogenated alkanes) is 1. The Hall–Kier alpha value is -0.933. The van der Waals surface area contributed by atoms with Crippen LogP contribution in [0, 0.1) is 0 Å². The summed E-state index contributed by atoms with van der Waals surface area (Å²) in [6, 6.07) is 10.1. The molecule has 3 heteroatoms. The van der Waals surface area contributed by atoms with Crippen molar-refractivity contribution in [3.63, 3.8) is 0 Å². The molecule has 0 aromatic heterocycles. The first-order chi connectivity index (χ1) is 8.92. The number of benzene rings is 1. The molecule has 0 aliphatic rings. The molecule has 1 rings (SSSR count). The fraction of sp³-hybridized carbons (Fsp3) is 0.562. The molecular weight excluding hydrogens is 252 g/mol. The zero-order chi connectivity index (χ0) is 14.3. The Kier molecular flexibility index (Phi) is 6.45. The summed E-state index contributed by atoms with van der Waals surface area (Å²) >= 11 is 0. The van der Waals surface area contributed by atoms with E-state index in [-0.39, 0.29) is 6.10 Å². The molecule has 0 unspecified atom stereocenters. The van der Waals surface area contributed by atoms with E-state index in [1.54, 1.807) is 0 Å². The van der Waals surface area contributed by atoms with Crippen LogP contribution in [-0.2, 0) is 9.22 Å². The topological polar surface area (TPSA) is 26.3 Å². The van der Waals surface area contributed by atoms with E-state index in [1.165, 1.54) is 0 Å². The molecule has 1 atom stereocenters. The van der Waals surface area contributed by atoms with Gasteiger partial charge in [0.2, 0.25) is 0 Å². The molecule has 0 saturated carbocycles. The predicted octanol–water partition coefficient (Wildman–Crippen LogP) is 4.73. The number of carbonyl (C=O) groups is 1. The van der Waals surface area contributed by atoms with Gasteiger partial charge in [-0.15, -0.1) is 0 Å². The van der Waals surface area contributed by atoms with Gasteiger partial charge in [-0.05, 0) is 31.6 Å². The monoisotopic (exact) mass is 278 g/mol. The van der Waals surface area contributed by atoms with E-state index < -0.39 is 8.32 Å². The van der Waals surface area contributed by atoms with Gasteiger partial charge in [0.25, 0.3) is 0 Å². The van der Waals surface area contributed by atoms with Crippen molar-refractivity contribution >= 4 is 14.1 Å². The quantitative estimate of drug-likeness (QED) is 0.643. The van der Waals surface area contributed by atoms with Crippen LogP contribution in [0.2, 0.25) is 19.6 Å². The zero-order valence-corrected chi connectivity index (χ0v) is 13.6. The summed E-state index contributed by atoms with van der Waals surface area (Å²) in [7, 11) is -1.65. The van der Waals surface area contributed by atoms with Crippen molar-refractivity contribution in [1.82, 2.24) is 0 Å².